The van der Waals surface area contributed by atoms with E-state index in [0.717, 1.165) is 31.6 Å². The Morgan fingerprint density at radius 2 is 2.50 bits per heavy atom. The maximum Gasteiger partial charge on any atom is 0.157 e. The molecule has 1 aliphatic carbocycles. The molecule has 4 heteroatoms. The van der Waals surface area contributed by atoms with Crippen molar-refractivity contribution in [1.29, 1.82) is 0 Å². The van der Waals surface area contributed by atoms with Gasteiger partial charge in [-0.1, -0.05) is 0 Å². The summed E-state index contributed by atoms with van der Waals surface area (Å²) in [6, 6.07) is 0. The maximum absolute atomic E-state index is 9.56. The van der Waals surface area contributed by atoms with Gasteiger partial charge in [-0.3, -0.25) is 4.68 Å². The van der Waals surface area contributed by atoms with E-state index in [2.05, 4.69) is 5.10 Å². The smallest absolute Gasteiger partial charge is 0.157 e. The van der Waals surface area contributed by atoms with Gasteiger partial charge >= 0.3 is 0 Å². The van der Waals surface area contributed by atoms with Crippen molar-refractivity contribution in [3.05, 3.63) is 12.4 Å². The summed E-state index contributed by atoms with van der Waals surface area (Å²) >= 11 is 0. The van der Waals surface area contributed by atoms with Gasteiger partial charge in [-0.2, -0.15) is 5.10 Å². The number of aliphatic hydroxyl groups is 1. The second-order valence-electron chi connectivity index (χ2n) is 3.69. The van der Waals surface area contributed by atoms with Gasteiger partial charge in [0.05, 0.1) is 18.5 Å². The van der Waals surface area contributed by atoms with E-state index in [4.69, 9.17) is 4.74 Å². The molecule has 0 bridgehead atoms. The predicted octanol–water partition coefficient (Wildman–Crippen LogP) is 1.20. The highest BCUT2D eigenvalue weighted by Crippen LogP contribution is 2.24. The average Bonchev–Trinajstić information content (AvgIpc) is 2.77. The van der Waals surface area contributed by atoms with Gasteiger partial charge in [-0.05, 0) is 26.2 Å². The molecule has 0 aliphatic heterocycles. The van der Waals surface area contributed by atoms with E-state index in [0.29, 0.717) is 0 Å². The highest BCUT2D eigenvalue weighted by atomic mass is 16.5. The number of hydrogen-bond acceptors (Lipinski definition) is 3. The normalized spacial score (nSPS) is 26.7. The van der Waals surface area contributed by atoms with Gasteiger partial charge in [-0.25, -0.2) is 0 Å². The largest absolute Gasteiger partial charge is 0.484 e. The molecule has 78 valence electrons. The quantitative estimate of drug-likeness (QED) is 0.790. The molecule has 14 heavy (non-hydrogen) atoms. The first kappa shape index (κ1) is 9.52. The molecular weight excluding hydrogens is 180 g/mol. The van der Waals surface area contributed by atoms with E-state index in [-0.39, 0.29) is 12.2 Å². The summed E-state index contributed by atoms with van der Waals surface area (Å²) < 4.78 is 7.45. The standard InChI is InChI=1S/C10H16N2O2/c1-2-12-7-8(6-11-12)14-10-5-3-4-9(10)13/h6-7,9-10,13H,2-5H2,1H3. The summed E-state index contributed by atoms with van der Waals surface area (Å²) in [5.74, 6) is 0.762. The molecule has 0 radical (unpaired) electrons. The topological polar surface area (TPSA) is 47.3 Å². The molecule has 1 aromatic heterocycles. The van der Waals surface area contributed by atoms with E-state index >= 15 is 0 Å². The zero-order chi connectivity index (χ0) is 9.97. The molecule has 0 amide bonds. The molecule has 1 N–H and O–H groups in total. The summed E-state index contributed by atoms with van der Waals surface area (Å²) in [6.45, 7) is 2.87. The average molecular weight is 196 g/mol. The summed E-state index contributed by atoms with van der Waals surface area (Å²) in [6.07, 6.45) is 6.07. The Morgan fingerprint density at radius 3 is 3.07 bits per heavy atom. The molecule has 1 aromatic rings. The first-order valence-corrected chi connectivity index (χ1v) is 5.16. The molecule has 1 aliphatic rings. The molecule has 4 nitrogen and oxygen atoms in total. The third-order valence-electron chi connectivity index (χ3n) is 2.64. The SMILES string of the molecule is CCn1cc(OC2CCCC2O)cn1. The fourth-order valence-corrected chi connectivity index (χ4v) is 1.80. The van der Waals surface area contributed by atoms with E-state index in [1.54, 1.807) is 6.20 Å². The third-order valence-corrected chi connectivity index (χ3v) is 2.64. The van der Waals surface area contributed by atoms with Gasteiger partial charge < -0.3 is 9.84 Å². The Balaban J connectivity index is 1.96. The number of aromatic nitrogens is 2. The number of rotatable bonds is 3. The van der Waals surface area contributed by atoms with Gasteiger partial charge in [0.15, 0.2) is 5.75 Å². The van der Waals surface area contributed by atoms with Crippen molar-refractivity contribution in [2.24, 2.45) is 0 Å². The lowest BCUT2D eigenvalue weighted by molar-refractivity contribution is 0.0603. The minimum atomic E-state index is -0.306. The Morgan fingerprint density at radius 1 is 1.64 bits per heavy atom. The van der Waals surface area contributed by atoms with Crippen LogP contribution in [0.2, 0.25) is 0 Å². The molecule has 1 heterocycles. The zero-order valence-electron chi connectivity index (χ0n) is 8.39. The van der Waals surface area contributed by atoms with Gasteiger partial charge in [0.2, 0.25) is 0 Å². The summed E-state index contributed by atoms with van der Waals surface area (Å²) in [5, 5.41) is 13.7. The van der Waals surface area contributed by atoms with Crippen LogP contribution in [-0.4, -0.2) is 27.1 Å². The molecule has 1 fully saturated rings. The van der Waals surface area contributed by atoms with Crippen molar-refractivity contribution in [3.63, 3.8) is 0 Å². The van der Waals surface area contributed by atoms with E-state index < -0.39 is 0 Å². The first-order valence-electron chi connectivity index (χ1n) is 5.16. The van der Waals surface area contributed by atoms with Crippen LogP contribution >= 0.6 is 0 Å². The number of ether oxygens (including phenoxy) is 1. The van der Waals surface area contributed by atoms with E-state index in [1.807, 2.05) is 17.8 Å². The van der Waals surface area contributed by atoms with Crippen LogP contribution in [0.15, 0.2) is 12.4 Å². The minimum absolute atomic E-state index is 0.0375. The number of aliphatic hydroxyl groups excluding tert-OH is 1. The Hall–Kier alpha value is -1.03. The molecule has 0 aromatic carbocycles. The molecule has 2 rings (SSSR count). The van der Waals surface area contributed by atoms with Crippen LogP contribution < -0.4 is 4.74 Å². The van der Waals surface area contributed by atoms with Crippen LogP contribution in [0.25, 0.3) is 0 Å². The number of hydrogen-bond donors (Lipinski definition) is 1. The van der Waals surface area contributed by atoms with Crippen LogP contribution in [0.1, 0.15) is 26.2 Å². The zero-order valence-corrected chi connectivity index (χ0v) is 8.39. The molecule has 2 unspecified atom stereocenters. The second-order valence-corrected chi connectivity index (χ2v) is 3.69. The molecular formula is C10H16N2O2. The monoisotopic (exact) mass is 196 g/mol. The fraction of sp³-hybridized carbons (Fsp3) is 0.700. The summed E-state index contributed by atoms with van der Waals surface area (Å²) in [5.41, 5.74) is 0. The van der Waals surface area contributed by atoms with Crippen LogP contribution in [0, 0.1) is 0 Å². The minimum Gasteiger partial charge on any atom is -0.484 e. The van der Waals surface area contributed by atoms with Crippen LogP contribution in [0.4, 0.5) is 0 Å². The van der Waals surface area contributed by atoms with Gasteiger partial charge in [0, 0.05) is 6.54 Å². The second kappa shape index (κ2) is 4.00. The maximum atomic E-state index is 9.56. The lowest BCUT2D eigenvalue weighted by atomic mass is 10.2. The molecule has 0 saturated heterocycles. The highest BCUT2D eigenvalue weighted by molar-refractivity contribution is 5.12. The van der Waals surface area contributed by atoms with Crippen molar-refractivity contribution in [2.45, 2.75) is 44.9 Å². The van der Waals surface area contributed by atoms with Crippen molar-refractivity contribution < 1.29 is 9.84 Å². The third kappa shape index (κ3) is 1.90. The molecule has 1 saturated carbocycles. The van der Waals surface area contributed by atoms with Crippen molar-refractivity contribution in [2.75, 3.05) is 0 Å². The van der Waals surface area contributed by atoms with Crippen molar-refractivity contribution >= 4 is 0 Å². The lowest BCUT2D eigenvalue weighted by Gasteiger charge is -2.15. The van der Waals surface area contributed by atoms with Crippen molar-refractivity contribution in [3.8, 4) is 5.75 Å². The van der Waals surface area contributed by atoms with E-state index in [9.17, 15) is 5.11 Å². The van der Waals surface area contributed by atoms with Crippen LogP contribution in [0.3, 0.4) is 0 Å². The van der Waals surface area contributed by atoms with Crippen LogP contribution in [-0.2, 0) is 6.54 Å². The summed E-state index contributed by atoms with van der Waals surface area (Å²) in [4.78, 5) is 0. The van der Waals surface area contributed by atoms with Crippen LogP contribution in [0.5, 0.6) is 5.75 Å². The molecule has 2 atom stereocenters. The number of nitrogens with zero attached hydrogens (tertiary/aromatic N) is 2. The first-order chi connectivity index (χ1) is 6.79. The van der Waals surface area contributed by atoms with E-state index in [1.165, 1.54) is 0 Å². The van der Waals surface area contributed by atoms with Gasteiger partial charge in [-0.15, -0.1) is 0 Å². The fourth-order valence-electron chi connectivity index (χ4n) is 1.80. The molecule has 0 spiro atoms. The van der Waals surface area contributed by atoms with Gasteiger partial charge in [0.25, 0.3) is 0 Å². The highest BCUT2D eigenvalue weighted by Gasteiger charge is 2.27. The Labute approximate surface area is 83.5 Å². The predicted molar refractivity (Wildman–Crippen MR) is 52.2 cm³/mol. The van der Waals surface area contributed by atoms with Crippen molar-refractivity contribution in [1.82, 2.24) is 9.78 Å². The van der Waals surface area contributed by atoms with Gasteiger partial charge in [0.1, 0.15) is 6.10 Å². The summed E-state index contributed by atoms with van der Waals surface area (Å²) in [7, 11) is 0. The Kier molecular flexibility index (Phi) is 2.72. The number of aryl methyl sites for hydroxylation is 1. The Bertz CT molecular complexity index is 298. The lowest BCUT2D eigenvalue weighted by Crippen LogP contribution is -2.25.